The number of nitrogens with zero attached hydrogens (tertiary/aromatic N) is 3. The van der Waals surface area contributed by atoms with Crippen LogP contribution in [0.25, 0.3) is 0 Å². The van der Waals surface area contributed by atoms with Crippen molar-refractivity contribution in [2.24, 2.45) is 0 Å². The van der Waals surface area contributed by atoms with Crippen LogP contribution in [-0.4, -0.2) is 10.0 Å². The smallest absolute Gasteiger partial charge is 0.323 e. The summed E-state index contributed by atoms with van der Waals surface area (Å²) in [4.78, 5) is 10.5. The molecular formula is C11H10N4O3. The predicted octanol–water partition coefficient (Wildman–Crippen LogP) is 1.24. The summed E-state index contributed by atoms with van der Waals surface area (Å²) in [6.07, 6.45) is 0.992. The first-order valence-electron chi connectivity index (χ1n) is 5.19. The fourth-order valence-electron chi connectivity index (χ4n) is 1.45. The van der Waals surface area contributed by atoms with E-state index in [9.17, 15) is 15.3 Å². The Morgan fingerprint density at radius 1 is 1.28 bits per heavy atom. The molecule has 0 saturated carbocycles. The summed E-state index contributed by atoms with van der Waals surface area (Å²) < 4.78 is 0. The molecule has 1 aromatic heterocycles. The molecule has 0 atom stereocenters. The molecule has 2 aromatic rings. The van der Waals surface area contributed by atoms with Gasteiger partial charge in [0, 0.05) is 11.6 Å². The van der Waals surface area contributed by atoms with Crippen molar-refractivity contribution in [1.29, 1.82) is 0 Å². The first-order valence-corrected chi connectivity index (χ1v) is 5.19. The highest BCUT2D eigenvalue weighted by Gasteiger charge is 2.18. The van der Waals surface area contributed by atoms with Gasteiger partial charge in [-0.2, -0.15) is 0 Å². The minimum atomic E-state index is -0.583. The summed E-state index contributed by atoms with van der Waals surface area (Å²) >= 11 is 0. The third-order valence-corrected chi connectivity index (χ3v) is 2.30. The summed E-state index contributed by atoms with van der Waals surface area (Å²) in [5.74, 6) is -0.0404. The topological polar surface area (TPSA) is 95.0 Å². The molecule has 0 fully saturated rings. The zero-order valence-electron chi connectivity index (χ0n) is 9.31. The lowest BCUT2D eigenvalue weighted by Crippen LogP contribution is -2.31. The molecule has 0 spiro atoms. The molecule has 0 amide bonds. The normalized spacial score (nSPS) is 10.0. The van der Waals surface area contributed by atoms with Crippen molar-refractivity contribution in [1.82, 2.24) is 5.10 Å². The van der Waals surface area contributed by atoms with Gasteiger partial charge in [0.1, 0.15) is 0 Å². The number of aromatic nitrogens is 2. The van der Waals surface area contributed by atoms with E-state index in [2.05, 4.69) is 10.4 Å². The van der Waals surface area contributed by atoms with Crippen molar-refractivity contribution in [3.05, 3.63) is 63.5 Å². The fraction of sp³-hybridized carbons (Fsp3) is 0.0909. The van der Waals surface area contributed by atoms with Crippen molar-refractivity contribution in [3.63, 3.8) is 0 Å². The summed E-state index contributed by atoms with van der Waals surface area (Å²) in [5.41, 5.74) is 0.716. The monoisotopic (exact) mass is 246 g/mol. The van der Waals surface area contributed by atoms with Gasteiger partial charge in [0.15, 0.2) is 0 Å². The van der Waals surface area contributed by atoms with Crippen LogP contribution in [0.1, 0.15) is 5.56 Å². The van der Waals surface area contributed by atoms with Crippen LogP contribution in [-0.2, 0) is 6.54 Å². The maximum Gasteiger partial charge on any atom is 0.323 e. The highest BCUT2D eigenvalue weighted by atomic mass is 16.6. The van der Waals surface area contributed by atoms with Gasteiger partial charge in [-0.25, -0.2) is 0 Å². The SMILES string of the molecule is O=[N+]([O-])c1cc[n+]([O-])nc1NCc1ccccc1. The van der Waals surface area contributed by atoms with Crippen LogP contribution >= 0.6 is 0 Å². The van der Waals surface area contributed by atoms with Crippen molar-refractivity contribution in [2.45, 2.75) is 6.54 Å². The van der Waals surface area contributed by atoms with Gasteiger partial charge in [-0.1, -0.05) is 35.2 Å². The molecule has 18 heavy (non-hydrogen) atoms. The van der Waals surface area contributed by atoms with Gasteiger partial charge >= 0.3 is 5.69 Å². The second-order valence-electron chi connectivity index (χ2n) is 3.55. The minimum Gasteiger partial charge on any atom is -0.594 e. The number of anilines is 1. The molecule has 7 heteroatoms. The Balaban J connectivity index is 2.18. The third-order valence-electron chi connectivity index (χ3n) is 2.30. The summed E-state index contributed by atoms with van der Waals surface area (Å²) in [6.45, 7) is 0.360. The van der Waals surface area contributed by atoms with Crippen LogP contribution < -0.4 is 10.2 Å². The molecule has 1 heterocycles. The van der Waals surface area contributed by atoms with Gasteiger partial charge in [-0.15, -0.1) is 0 Å². The number of nitro groups is 1. The van der Waals surface area contributed by atoms with Crippen LogP contribution in [0.5, 0.6) is 0 Å². The van der Waals surface area contributed by atoms with Gasteiger partial charge in [0.05, 0.1) is 11.0 Å². The Bertz CT molecular complexity index is 559. The van der Waals surface area contributed by atoms with Crippen LogP contribution in [0, 0.1) is 15.3 Å². The number of hydrogen-bond acceptors (Lipinski definition) is 5. The van der Waals surface area contributed by atoms with Crippen molar-refractivity contribution in [3.8, 4) is 0 Å². The average Bonchev–Trinajstić information content (AvgIpc) is 2.37. The highest BCUT2D eigenvalue weighted by molar-refractivity contribution is 5.53. The van der Waals surface area contributed by atoms with E-state index in [1.807, 2.05) is 30.3 Å². The molecule has 7 nitrogen and oxygen atoms in total. The highest BCUT2D eigenvalue weighted by Crippen LogP contribution is 2.19. The van der Waals surface area contributed by atoms with Crippen LogP contribution in [0.2, 0.25) is 0 Å². The minimum absolute atomic E-state index is 0.0404. The molecule has 0 aliphatic heterocycles. The summed E-state index contributed by atoms with van der Waals surface area (Å²) in [7, 11) is 0. The largest absolute Gasteiger partial charge is 0.594 e. The molecule has 1 aromatic carbocycles. The van der Waals surface area contributed by atoms with Gasteiger partial charge in [-0.05, 0) is 5.56 Å². The Labute approximate surface area is 102 Å². The lowest BCUT2D eigenvalue weighted by atomic mass is 10.2. The van der Waals surface area contributed by atoms with Crippen molar-refractivity contribution < 1.29 is 9.77 Å². The molecule has 0 bridgehead atoms. The predicted molar refractivity (Wildman–Crippen MR) is 63.6 cm³/mol. The molecule has 1 N–H and O–H groups in total. The molecule has 92 valence electrons. The molecule has 0 unspecified atom stereocenters. The van der Waals surface area contributed by atoms with E-state index in [-0.39, 0.29) is 16.4 Å². The Kier molecular flexibility index (Phi) is 3.33. The number of rotatable bonds is 4. The molecule has 0 saturated heterocycles. The van der Waals surface area contributed by atoms with E-state index in [1.54, 1.807) is 0 Å². The van der Waals surface area contributed by atoms with Gasteiger partial charge in [0.25, 0.3) is 5.82 Å². The van der Waals surface area contributed by atoms with Crippen molar-refractivity contribution in [2.75, 3.05) is 5.32 Å². The first kappa shape index (κ1) is 11.8. The quantitative estimate of drug-likeness (QED) is 0.379. The summed E-state index contributed by atoms with van der Waals surface area (Å²) in [6, 6.07) is 10.4. The van der Waals surface area contributed by atoms with Gasteiger partial charge in [0.2, 0.25) is 6.20 Å². The summed E-state index contributed by atoms with van der Waals surface area (Å²) in [5, 5.41) is 28.1. The van der Waals surface area contributed by atoms with E-state index in [1.165, 1.54) is 0 Å². The number of nitrogens with one attached hydrogen (secondary N) is 1. The second kappa shape index (κ2) is 5.09. The Morgan fingerprint density at radius 2 is 2.00 bits per heavy atom. The van der Waals surface area contributed by atoms with E-state index in [0.29, 0.717) is 6.54 Å². The zero-order valence-corrected chi connectivity index (χ0v) is 9.31. The van der Waals surface area contributed by atoms with Crippen LogP contribution in [0.4, 0.5) is 11.5 Å². The standard InChI is InChI=1S/C11H10N4O3/c16-14-7-6-10(15(17)18)11(13-14)12-8-9-4-2-1-3-5-9/h1-7H,8H2,(H,12,13). The van der Waals surface area contributed by atoms with E-state index < -0.39 is 4.92 Å². The maximum absolute atomic E-state index is 11.0. The van der Waals surface area contributed by atoms with Crippen LogP contribution in [0.3, 0.4) is 0 Å². The van der Waals surface area contributed by atoms with Crippen LogP contribution in [0.15, 0.2) is 42.6 Å². The maximum atomic E-state index is 11.0. The second-order valence-corrected chi connectivity index (χ2v) is 3.55. The third kappa shape index (κ3) is 2.70. The first-order chi connectivity index (χ1) is 8.66. The number of benzene rings is 1. The number of hydrogen-bond donors (Lipinski definition) is 1. The van der Waals surface area contributed by atoms with Gasteiger partial charge in [-0.3, -0.25) is 10.1 Å². The molecular weight excluding hydrogens is 236 g/mol. The molecule has 0 aliphatic carbocycles. The Hall–Kier alpha value is -2.70. The fourth-order valence-corrected chi connectivity index (χ4v) is 1.45. The molecule has 0 aliphatic rings. The average molecular weight is 246 g/mol. The Morgan fingerprint density at radius 3 is 2.67 bits per heavy atom. The van der Waals surface area contributed by atoms with Gasteiger partial charge < -0.3 is 10.5 Å². The lowest BCUT2D eigenvalue weighted by molar-refractivity contribution is -0.668. The zero-order chi connectivity index (χ0) is 13.0. The van der Waals surface area contributed by atoms with Crippen molar-refractivity contribution >= 4 is 11.5 Å². The lowest BCUT2D eigenvalue weighted by Gasteiger charge is -2.04. The van der Waals surface area contributed by atoms with E-state index in [0.717, 1.165) is 17.8 Å². The van der Waals surface area contributed by atoms with E-state index in [4.69, 9.17) is 0 Å². The molecule has 2 rings (SSSR count). The van der Waals surface area contributed by atoms with E-state index >= 15 is 0 Å². The molecule has 0 radical (unpaired) electrons.